The van der Waals surface area contributed by atoms with E-state index in [1.165, 1.54) is 17.0 Å². The van der Waals surface area contributed by atoms with E-state index in [0.29, 0.717) is 17.7 Å². The smallest absolute Gasteiger partial charge is 0.254 e. The molecule has 0 saturated heterocycles. The third-order valence-corrected chi connectivity index (χ3v) is 3.53. The Morgan fingerprint density at radius 1 is 1.42 bits per heavy atom. The molecule has 0 aliphatic carbocycles. The van der Waals surface area contributed by atoms with Gasteiger partial charge in [0, 0.05) is 19.2 Å². The van der Waals surface area contributed by atoms with Crippen molar-refractivity contribution in [2.24, 2.45) is 5.14 Å². The molecule has 1 aromatic rings. The first-order valence-corrected chi connectivity index (χ1v) is 7.21. The van der Waals surface area contributed by atoms with Gasteiger partial charge in [0.1, 0.15) is 0 Å². The van der Waals surface area contributed by atoms with Gasteiger partial charge >= 0.3 is 0 Å². The van der Waals surface area contributed by atoms with Crippen LogP contribution < -0.4 is 5.14 Å². The van der Waals surface area contributed by atoms with Gasteiger partial charge in [-0.05, 0) is 31.5 Å². The molecule has 1 amide bonds. The van der Waals surface area contributed by atoms with E-state index in [0.717, 1.165) is 5.57 Å². The fraction of sp³-hybridized carbons (Fsp3) is 0.308. The van der Waals surface area contributed by atoms with Crippen molar-refractivity contribution in [2.75, 3.05) is 13.6 Å². The summed E-state index contributed by atoms with van der Waals surface area (Å²) in [6.07, 6.45) is 0. The van der Waals surface area contributed by atoms with Crippen LogP contribution in [-0.4, -0.2) is 32.8 Å². The molecule has 19 heavy (non-hydrogen) atoms. The second kappa shape index (κ2) is 5.54. The van der Waals surface area contributed by atoms with Crippen LogP contribution in [0.4, 0.5) is 0 Å². The molecule has 104 valence electrons. The second-order valence-corrected chi connectivity index (χ2v) is 6.20. The standard InChI is InChI=1S/C13H18N2O3S/c1-9(2)8-15(4)13(16)12-7-11(19(14,17)18)6-5-10(12)3/h5-7H,1,8H2,2-4H3,(H2,14,17,18). The van der Waals surface area contributed by atoms with E-state index in [1.807, 2.05) is 6.92 Å². The normalized spacial score (nSPS) is 11.2. The van der Waals surface area contributed by atoms with Gasteiger partial charge in [-0.2, -0.15) is 0 Å². The van der Waals surface area contributed by atoms with Crippen LogP contribution in [0.1, 0.15) is 22.8 Å². The number of sulfonamides is 1. The summed E-state index contributed by atoms with van der Waals surface area (Å²) in [5, 5.41) is 5.07. The minimum absolute atomic E-state index is 0.0647. The van der Waals surface area contributed by atoms with Crippen molar-refractivity contribution < 1.29 is 13.2 Å². The van der Waals surface area contributed by atoms with Crippen LogP contribution in [0.25, 0.3) is 0 Å². The predicted molar refractivity (Wildman–Crippen MR) is 74.3 cm³/mol. The summed E-state index contributed by atoms with van der Waals surface area (Å²) in [7, 11) is -2.17. The van der Waals surface area contributed by atoms with Gasteiger partial charge in [-0.25, -0.2) is 13.6 Å². The largest absolute Gasteiger partial charge is 0.338 e. The molecule has 6 heteroatoms. The topological polar surface area (TPSA) is 80.5 Å². The number of aryl methyl sites for hydroxylation is 1. The van der Waals surface area contributed by atoms with Crippen molar-refractivity contribution in [1.82, 2.24) is 4.90 Å². The van der Waals surface area contributed by atoms with E-state index in [-0.39, 0.29) is 10.8 Å². The molecule has 5 nitrogen and oxygen atoms in total. The summed E-state index contributed by atoms with van der Waals surface area (Å²) in [6, 6.07) is 4.27. The van der Waals surface area contributed by atoms with Crippen LogP contribution in [-0.2, 0) is 10.0 Å². The molecule has 1 aromatic carbocycles. The molecular weight excluding hydrogens is 264 g/mol. The van der Waals surface area contributed by atoms with Gasteiger partial charge in [-0.15, -0.1) is 0 Å². The minimum Gasteiger partial charge on any atom is -0.338 e. The lowest BCUT2D eigenvalue weighted by Crippen LogP contribution is -2.29. The number of carbonyl (C=O) groups is 1. The lowest BCUT2D eigenvalue weighted by molar-refractivity contribution is 0.0806. The van der Waals surface area contributed by atoms with Gasteiger partial charge < -0.3 is 4.90 Å². The van der Waals surface area contributed by atoms with Gasteiger partial charge in [0.25, 0.3) is 5.91 Å². The monoisotopic (exact) mass is 282 g/mol. The molecule has 0 aliphatic heterocycles. The predicted octanol–water partition coefficient (Wildman–Crippen LogP) is 1.29. The molecule has 0 spiro atoms. The van der Waals surface area contributed by atoms with Crippen LogP contribution in [0, 0.1) is 6.92 Å². The van der Waals surface area contributed by atoms with E-state index >= 15 is 0 Å². The van der Waals surface area contributed by atoms with Gasteiger partial charge in [0.15, 0.2) is 0 Å². The highest BCUT2D eigenvalue weighted by atomic mass is 32.2. The first-order valence-electron chi connectivity index (χ1n) is 5.66. The molecule has 0 heterocycles. The Labute approximate surface area is 113 Å². The van der Waals surface area contributed by atoms with Crippen LogP contribution >= 0.6 is 0 Å². The van der Waals surface area contributed by atoms with Gasteiger partial charge in [-0.3, -0.25) is 4.79 Å². The van der Waals surface area contributed by atoms with Crippen molar-refractivity contribution in [3.63, 3.8) is 0 Å². The SMILES string of the molecule is C=C(C)CN(C)C(=O)c1cc(S(N)(=O)=O)ccc1C. The molecule has 0 unspecified atom stereocenters. The number of primary sulfonamides is 1. The number of carbonyl (C=O) groups excluding carboxylic acids is 1. The summed E-state index contributed by atoms with van der Waals surface area (Å²) >= 11 is 0. The van der Waals surface area contributed by atoms with Crippen molar-refractivity contribution in [1.29, 1.82) is 0 Å². The number of hydrogen-bond acceptors (Lipinski definition) is 3. The quantitative estimate of drug-likeness (QED) is 0.845. The lowest BCUT2D eigenvalue weighted by Gasteiger charge is -2.18. The zero-order chi connectivity index (χ0) is 14.8. The molecular formula is C13H18N2O3S. The Bertz CT molecular complexity index is 621. The maximum Gasteiger partial charge on any atom is 0.254 e. The summed E-state index contributed by atoms with van der Waals surface area (Å²) < 4.78 is 22.6. The van der Waals surface area contributed by atoms with Crippen molar-refractivity contribution >= 4 is 15.9 Å². The Kier molecular flexibility index (Phi) is 4.49. The molecule has 0 bridgehead atoms. The highest BCUT2D eigenvalue weighted by Gasteiger charge is 2.17. The molecule has 0 atom stereocenters. The highest BCUT2D eigenvalue weighted by molar-refractivity contribution is 7.89. The summed E-state index contributed by atoms with van der Waals surface area (Å²) in [5.41, 5.74) is 1.87. The molecule has 0 fully saturated rings. The fourth-order valence-electron chi connectivity index (χ4n) is 1.69. The van der Waals surface area contributed by atoms with Crippen LogP contribution in [0.3, 0.4) is 0 Å². The molecule has 1 rings (SSSR count). The van der Waals surface area contributed by atoms with Crippen molar-refractivity contribution in [2.45, 2.75) is 18.7 Å². The maximum absolute atomic E-state index is 12.2. The van der Waals surface area contributed by atoms with Crippen LogP contribution in [0.2, 0.25) is 0 Å². The van der Waals surface area contributed by atoms with E-state index < -0.39 is 10.0 Å². The van der Waals surface area contributed by atoms with E-state index in [4.69, 9.17) is 5.14 Å². The molecule has 0 saturated carbocycles. The molecule has 0 aliphatic rings. The van der Waals surface area contributed by atoms with Crippen LogP contribution in [0.15, 0.2) is 35.2 Å². The first-order chi connectivity index (χ1) is 8.62. The number of benzene rings is 1. The van der Waals surface area contributed by atoms with Crippen molar-refractivity contribution in [3.05, 3.63) is 41.5 Å². The summed E-state index contributed by atoms with van der Waals surface area (Å²) in [5.74, 6) is -0.258. The molecule has 0 radical (unpaired) electrons. The molecule has 0 aromatic heterocycles. The number of nitrogens with two attached hydrogens (primary N) is 1. The average Bonchev–Trinajstić information content (AvgIpc) is 2.26. The van der Waals surface area contributed by atoms with E-state index in [2.05, 4.69) is 6.58 Å². The van der Waals surface area contributed by atoms with E-state index in [1.54, 1.807) is 20.0 Å². The Hall–Kier alpha value is -1.66. The van der Waals surface area contributed by atoms with Gasteiger partial charge in [-0.1, -0.05) is 18.2 Å². The minimum atomic E-state index is -3.81. The maximum atomic E-state index is 12.2. The lowest BCUT2D eigenvalue weighted by atomic mass is 10.1. The Morgan fingerprint density at radius 3 is 2.47 bits per heavy atom. The number of hydrogen-bond donors (Lipinski definition) is 1. The second-order valence-electron chi connectivity index (χ2n) is 4.64. The third kappa shape index (κ3) is 3.90. The first kappa shape index (κ1) is 15.4. The number of amides is 1. The number of nitrogens with zero attached hydrogens (tertiary/aromatic N) is 1. The summed E-state index contributed by atoms with van der Waals surface area (Å²) in [4.78, 5) is 13.6. The summed E-state index contributed by atoms with van der Waals surface area (Å²) in [6.45, 7) is 7.72. The average molecular weight is 282 g/mol. The molecule has 2 N–H and O–H groups in total. The van der Waals surface area contributed by atoms with E-state index in [9.17, 15) is 13.2 Å². The Balaban J connectivity index is 3.20. The Morgan fingerprint density at radius 2 is 2.00 bits per heavy atom. The highest BCUT2D eigenvalue weighted by Crippen LogP contribution is 2.16. The number of likely N-dealkylation sites (N-methyl/N-ethyl adjacent to an activating group) is 1. The van der Waals surface area contributed by atoms with Gasteiger partial charge in [0.05, 0.1) is 4.90 Å². The zero-order valence-electron chi connectivity index (χ0n) is 11.3. The third-order valence-electron chi connectivity index (χ3n) is 2.62. The fourth-order valence-corrected chi connectivity index (χ4v) is 2.23. The van der Waals surface area contributed by atoms with Crippen LogP contribution in [0.5, 0.6) is 0 Å². The van der Waals surface area contributed by atoms with Gasteiger partial charge in [0.2, 0.25) is 10.0 Å². The van der Waals surface area contributed by atoms with Crippen molar-refractivity contribution in [3.8, 4) is 0 Å². The zero-order valence-corrected chi connectivity index (χ0v) is 12.1. The number of rotatable bonds is 4.